The number of nitro groups is 1. The molecule has 1 heterocycles. The zero-order valence-corrected chi connectivity index (χ0v) is 17.2. The highest BCUT2D eigenvalue weighted by Crippen LogP contribution is 2.32. The summed E-state index contributed by atoms with van der Waals surface area (Å²) < 4.78 is 5.58. The molecule has 2 N–H and O–H groups in total. The van der Waals surface area contributed by atoms with Crippen molar-refractivity contribution in [1.82, 2.24) is 5.32 Å². The highest BCUT2D eigenvalue weighted by atomic mass is 35.5. The Bertz CT molecular complexity index is 919. The highest BCUT2D eigenvalue weighted by Gasteiger charge is 2.23. The van der Waals surface area contributed by atoms with Crippen LogP contribution in [0.15, 0.2) is 36.4 Å². The standard InChI is InChI=1S/C19H20Cl2N4O4/c1-12(29-18-5-2-13(20)10-15(18)21)19(26)23-14-3-4-16(17(11-14)25(27)28)24-8-6-22-7-9-24/h2-5,10-12,22H,6-9H2,1H3,(H,23,26)/t12-/m1/s1. The second-order valence-corrected chi connectivity index (χ2v) is 7.37. The maximum absolute atomic E-state index is 12.5. The Balaban J connectivity index is 1.72. The number of rotatable bonds is 6. The first-order chi connectivity index (χ1) is 13.8. The zero-order chi connectivity index (χ0) is 21.0. The minimum absolute atomic E-state index is 0.0565. The van der Waals surface area contributed by atoms with E-state index >= 15 is 0 Å². The van der Waals surface area contributed by atoms with Gasteiger partial charge in [-0.15, -0.1) is 0 Å². The number of carbonyl (C=O) groups is 1. The normalized spacial score (nSPS) is 14.9. The molecule has 1 aliphatic rings. The average molecular weight is 439 g/mol. The van der Waals surface area contributed by atoms with Crippen LogP contribution in [0.5, 0.6) is 5.75 Å². The summed E-state index contributed by atoms with van der Waals surface area (Å²) in [5, 5.41) is 18.1. The predicted octanol–water partition coefficient (Wildman–Crippen LogP) is 3.72. The van der Waals surface area contributed by atoms with Gasteiger partial charge >= 0.3 is 0 Å². The van der Waals surface area contributed by atoms with Crippen LogP contribution in [0.3, 0.4) is 0 Å². The van der Waals surface area contributed by atoms with Crippen LogP contribution in [-0.2, 0) is 4.79 Å². The van der Waals surface area contributed by atoms with Crippen molar-refractivity contribution in [2.24, 2.45) is 0 Å². The molecule has 29 heavy (non-hydrogen) atoms. The fourth-order valence-electron chi connectivity index (χ4n) is 2.98. The van der Waals surface area contributed by atoms with Crippen LogP contribution in [0.4, 0.5) is 17.1 Å². The van der Waals surface area contributed by atoms with Gasteiger partial charge in [-0.1, -0.05) is 23.2 Å². The van der Waals surface area contributed by atoms with Gasteiger partial charge in [-0.2, -0.15) is 0 Å². The molecule has 8 nitrogen and oxygen atoms in total. The maximum Gasteiger partial charge on any atom is 0.294 e. The number of anilines is 2. The maximum atomic E-state index is 12.5. The van der Waals surface area contributed by atoms with Gasteiger partial charge < -0.3 is 20.3 Å². The van der Waals surface area contributed by atoms with E-state index in [1.807, 2.05) is 4.90 Å². The summed E-state index contributed by atoms with van der Waals surface area (Å²) in [6, 6.07) is 9.34. The average Bonchev–Trinajstić information content (AvgIpc) is 2.70. The van der Waals surface area contributed by atoms with Crippen LogP contribution in [0.1, 0.15) is 6.92 Å². The smallest absolute Gasteiger partial charge is 0.294 e. The third-order valence-corrected chi connectivity index (χ3v) is 4.99. The van der Waals surface area contributed by atoms with Crippen molar-refractivity contribution in [2.45, 2.75) is 13.0 Å². The molecule has 1 aliphatic heterocycles. The van der Waals surface area contributed by atoms with Gasteiger partial charge in [0.25, 0.3) is 11.6 Å². The Morgan fingerprint density at radius 3 is 2.62 bits per heavy atom. The van der Waals surface area contributed by atoms with E-state index in [4.69, 9.17) is 27.9 Å². The molecule has 0 spiro atoms. The van der Waals surface area contributed by atoms with E-state index in [1.165, 1.54) is 12.1 Å². The molecule has 1 atom stereocenters. The SMILES string of the molecule is C[C@@H](Oc1ccc(Cl)cc1Cl)C(=O)Nc1ccc(N2CCNCC2)c([N+](=O)[O-])c1. The number of nitrogens with zero attached hydrogens (tertiary/aromatic N) is 2. The van der Waals surface area contributed by atoms with E-state index in [1.54, 1.807) is 31.2 Å². The first kappa shape index (κ1) is 21.2. The van der Waals surface area contributed by atoms with Gasteiger partial charge in [0.1, 0.15) is 11.4 Å². The minimum atomic E-state index is -0.874. The fourth-order valence-corrected chi connectivity index (χ4v) is 3.43. The Kier molecular flexibility index (Phi) is 6.79. The number of hydrogen-bond donors (Lipinski definition) is 2. The van der Waals surface area contributed by atoms with Gasteiger partial charge in [0.05, 0.1) is 9.95 Å². The third kappa shape index (κ3) is 5.29. The summed E-state index contributed by atoms with van der Waals surface area (Å²) in [7, 11) is 0. The quantitative estimate of drug-likeness (QED) is 0.526. The first-order valence-corrected chi connectivity index (χ1v) is 9.77. The van der Waals surface area contributed by atoms with Gasteiger partial charge in [0.2, 0.25) is 0 Å². The van der Waals surface area contributed by atoms with Crippen LogP contribution in [0.25, 0.3) is 0 Å². The molecule has 1 fully saturated rings. The van der Waals surface area contributed by atoms with Crippen LogP contribution in [0.2, 0.25) is 10.0 Å². The summed E-state index contributed by atoms with van der Waals surface area (Å²) in [4.78, 5) is 25.5. The van der Waals surface area contributed by atoms with Crippen molar-refractivity contribution in [1.29, 1.82) is 0 Å². The second-order valence-electron chi connectivity index (χ2n) is 6.52. The molecule has 0 radical (unpaired) electrons. The second kappa shape index (κ2) is 9.30. The lowest BCUT2D eigenvalue weighted by atomic mass is 10.2. The van der Waals surface area contributed by atoms with E-state index in [9.17, 15) is 14.9 Å². The van der Waals surface area contributed by atoms with Crippen molar-refractivity contribution in [3.63, 3.8) is 0 Å². The summed E-state index contributed by atoms with van der Waals surface area (Å²) in [6.07, 6.45) is -0.874. The molecule has 3 rings (SSSR count). The van der Waals surface area contributed by atoms with Gasteiger partial charge in [-0.05, 0) is 37.3 Å². The van der Waals surface area contributed by atoms with Crippen molar-refractivity contribution in [2.75, 3.05) is 36.4 Å². The van der Waals surface area contributed by atoms with Gasteiger partial charge in [0, 0.05) is 43.0 Å². The molecular formula is C19H20Cl2N4O4. The molecule has 2 aromatic rings. The lowest BCUT2D eigenvalue weighted by Crippen LogP contribution is -2.43. The van der Waals surface area contributed by atoms with E-state index in [0.717, 1.165) is 13.1 Å². The Hall–Kier alpha value is -2.55. The van der Waals surface area contributed by atoms with E-state index in [-0.39, 0.29) is 10.7 Å². The number of piperazine rings is 1. The number of hydrogen-bond acceptors (Lipinski definition) is 6. The monoisotopic (exact) mass is 438 g/mol. The Morgan fingerprint density at radius 2 is 1.97 bits per heavy atom. The molecule has 10 heteroatoms. The molecule has 0 aromatic heterocycles. The molecule has 154 valence electrons. The number of nitrogens with one attached hydrogen (secondary N) is 2. The number of halogens is 2. The number of benzene rings is 2. The lowest BCUT2D eigenvalue weighted by molar-refractivity contribution is -0.384. The number of amides is 1. The summed E-state index contributed by atoms with van der Waals surface area (Å²) in [5.74, 6) is -0.140. The summed E-state index contributed by atoms with van der Waals surface area (Å²) >= 11 is 11.9. The molecule has 0 aliphatic carbocycles. The Morgan fingerprint density at radius 1 is 1.24 bits per heavy atom. The number of ether oxygens (including phenoxy) is 1. The molecule has 0 unspecified atom stereocenters. The highest BCUT2D eigenvalue weighted by molar-refractivity contribution is 6.35. The summed E-state index contributed by atoms with van der Waals surface area (Å²) in [6.45, 7) is 4.44. The van der Waals surface area contributed by atoms with Crippen LogP contribution >= 0.6 is 23.2 Å². The topological polar surface area (TPSA) is 96.7 Å². The Labute approximate surface area is 177 Å². The van der Waals surface area contributed by atoms with Crippen LogP contribution < -0.4 is 20.3 Å². The van der Waals surface area contributed by atoms with E-state index in [2.05, 4.69) is 10.6 Å². The first-order valence-electron chi connectivity index (χ1n) is 9.02. The van der Waals surface area contributed by atoms with Crippen molar-refractivity contribution in [3.05, 3.63) is 56.6 Å². The van der Waals surface area contributed by atoms with Crippen molar-refractivity contribution >= 4 is 46.2 Å². The third-order valence-electron chi connectivity index (χ3n) is 4.46. The van der Waals surface area contributed by atoms with Crippen molar-refractivity contribution in [3.8, 4) is 5.75 Å². The van der Waals surface area contributed by atoms with Gasteiger partial charge in [0.15, 0.2) is 6.10 Å². The van der Waals surface area contributed by atoms with E-state index < -0.39 is 16.9 Å². The largest absolute Gasteiger partial charge is 0.479 e. The van der Waals surface area contributed by atoms with Gasteiger partial charge in [-0.3, -0.25) is 14.9 Å². The number of nitro benzene ring substituents is 1. The fraction of sp³-hybridized carbons (Fsp3) is 0.316. The predicted molar refractivity (Wildman–Crippen MR) is 113 cm³/mol. The van der Waals surface area contributed by atoms with Crippen molar-refractivity contribution < 1.29 is 14.5 Å². The zero-order valence-electron chi connectivity index (χ0n) is 15.7. The number of carbonyl (C=O) groups excluding carboxylic acids is 1. The van der Waals surface area contributed by atoms with Crippen LogP contribution in [0, 0.1) is 10.1 Å². The molecule has 2 aromatic carbocycles. The molecule has 1 amide bonds. The lowest BCUT2D eigenvalue weighted by Gasteiger charge is -2.29. The molecule has 0 bridgehead atoms. The molecule has 1 saturated heterocycles. The summed E-state index contributed by atoms with van der Waals surface area (Å²) in [5.41, 5.74) is 0.795. The molecule has 0 saturated carbocycles. The minimum Gasteiger partial charge on any atom is -0.479 e. The van der Waals surface area contributed by atoms with Gasteiger partial charge in [-0.25, -0.2) is 0 Å². The van der Waals surface area contributed by atoms with E-state index in [0.29, 0.717) is 35.2 Å². The molecular weight excluding hydrogens is 419 g/mol. The van der Waals surface area contributed by atoms with Crippen LogP contribution in [-0.4, -0.2) is 43.1 Å².